The lowest BCUT2D eigenvalue weighted by atomic mass is 9.61. The zero-order valence-corrected chi connectivity index (χ0v) is 28.6. The summed E-state index contributed by atoms with van der Waals surface area (Å²) in [5, 5.41) is 0. The van der Waals surface area contributed by atoms with Crippen LogP contribution in [0, 0.1) is 24.0 Å². The first kappa shape index (κ1) is 30.6. The smallest absolute Gasteiger partial charge is 0.154 e. The molecule has 50 heavy (non-hydrogen) atoms. The standard InChI is InChI=1S/C47H41N3/c1-50-45(36-18-8-3-9-19-36)48-44(35-28-26-34(27-29-35)33-16-6-2-7-17-33)49-46(50)37-30-31-41-40-24-14-15-25-42(40)47(43(41)32-37,38-20-10-4-11-21-38)39-22-12-5-13-23-39/h2-8,10-13,15-18,20-22,25-26,28,31-32,37,39,45H,9,19,23,27,29-30H2,1H3. The number of fused-ring (bicyclic) bond motifs is 3. The third-order valence-electron chi connectivity index (χ3n) is 11.4. The molecule has 6 aliphatic rings. The molecular formula is C47H41N3. The number of hydrogen-bond donors (Lipinski definition) is 0. The molecule has 0 bridgehead atoms. The predicted molar refractivity (Wildman–Crippen MR) is 207 cm³/mol. The summed E-state index contributed by atoms with van der Waals surface area (Å²) in [4.78, 5) is 13.2. The Morgan fingerprint density at radius 2 is 1.64 bits per heavy atom. The summed E-state index contributed by atoms with van der Waals surface area (Å²) in [6.07, 6.45) is 31.2. The van der Waals surface area contributed by atoms with Crippen LogP contribution in [0.25, 0.3) is 11.1 Å². The van der Waals surface area contributed by atoms with Gasteiger partial charge in [-0.25, -0.2) is 9.98 Å². The number of nitrogens with zero attached hydrogens (tertiary/aromatic N) is 3. The molecule has 0 spiro atoms. The molecule has 1 aliphatic heterocycles. The van der Waals surface area contributed by atoms with Gasteiger partial charge in [-0.3, -0.25) is 0 Å². The van der Waals surface area contributed by atoms with Gasteiger partial charge in [0, 0.05) is 18.5 Å². The van der Waals surface area contributed by atoms with E-state index in [2.05, 4.69) is 158 Å². The van der Waals surface area contributed by atoms with Crippen molar-refractivity contribution < 1.29 is 0 Å². The van der Waals surface area contributed by atoms with Crippen molar-refractivity contribution in [2.45, 2.75) is 50.1 Å². The van der Waals surface area contributed by atoms with E-state index in [1.165, 1.54) is 50.1 Å². The number of benzene rings is 2. The Bertz CT molecular complexity index is 2130. The van der Waals surface area contributed by atoms with Crippen LogP contribution in [0.15, 0.2) is 166 Å². The monoisotopic (exact) mass is 647 g/mol. The van der Waals surface area contributed by atoms with Crippen molar-refractivity contribution in [3.05, 3.63) is 191 Å². The number of likely N-dealkylation sites (N-methyl/N-ethyl adjacent to an activating group) is 1. The first-order valence-electron chi connectivity index (χ1n) is 18.2. The molecule has 0 saturated heterocycles. The predicted octanol–water partition coefficient (Wildman–Crippen LogP) is 10.2. The Hall–Kier alpha value is -5.46. The third-order valence-corrected chi connectivity index (χ3v) is 11.4. The van der Waals surface area contributed by atoms with Crippen molar-refractivity contribution in [2.75, 3.05) is 7.05 Å². The van der Waals surface area contributed by atoms with Crippen LogP contribution in [0.4, 0.5) is 0 Å². The molecule has 4 unspecified atom stereocenters. The van der Waals surface area contributed by atoms with E-state index in [0.29, 0.717) is 0 Å². The lowest BCUT2D eigenvalue weighted by Gasteiger charge is -2.42. The van der Waals surface area contributed by atoms with Gasteiger partial charge in [0.15, 0.2) is 5.84 Å². The summed E-state index contributed by atoms with van der Waals surface area (Å²) in [6, 6.07) is 33.1. The molecule has 3 aromatic carbocycles. The summed E-state index contributed by atoms with van der Waals surface area (Å²) < 4.78 is 0. The largest absolute Gasteiger partial charge is 0.337 e. The number of rotatable bonds is 6. The second-order valence-corrected chi connectivity index (χ2v) is 14.1. The maximum Gasteiger partial charge on any atom is 0.154 e. The Kier molecular flexibility index (Phi) is 7.81. The highest BCUT2D eigenvalue weighted by Gasteiger charge is 2.52. The maximum atomic E-state index is 5.49. The first-order chi connectivity index (χ1) is 24.7. The topological polar surface area (TPSA) is 28.0 Å². The molecule has 3 heteroatoms. The zero-order valence-electron chi connectivity index (χ0n) is 28.6. The van der Waals surface area contributed by atoms with Crippen LogP contribution in [0.3, 0.4) is 0 Å². The Morgan fingerprint density at radius 3 is 2.40 bits per heavy atom. The summed E-state index contributed by atoms with van der Waals surface area (Å²) in [7, 11) is 2.20. The Morgan fingerprint density at radius 1 is 0.820 bits per heavy atom. The fourth-order valence-corrected chi connectivity index (χ4v) is 9.00. The van der Waals surface area contributed by atoms with Gasteiger partial charge in [-0.1, -0.05) is 140 Å². The highest BCUT2D eigenvalue weighted by molar-refractivity contribution is 6.10. The molecule has 0 amide bonds. The van der Waals surface area contributed by atoms with Crippen molar-refractivity contribution >= 4 is 22.8 Å². The average molecular weight is 648 g/mol. The lowest BCUT2D eigenvalue weighted by molar-refractivity contribution is 0.388. The van der Waals surface area contributed by atoms with E-state index >= 15 is 0 Å². The highest BCUT2D eigenvalue weighted by Crippen LogP contribution is 2.60. The summed E-state index contributed by atoms with van der Waals surface area (Å²) in [5.41, 5.74) is 11.4. The number of aliphatic imine (C=N–C) groups is 2. The Labute approximate surface area is 296 Å². The molecule has 0 aromatic heterocycles. The van der Waals surface area contributed by atoms with Crippen LogP contribution in [0.5, 0.6) is 0 Å². The third kappa shape index (κ3) is 5.05. The molecule has 0 N–H and O–H groups in total. The normalized spacial score (nSPS) is 26.7. The van der Waals surface area contributed by atoms with E-state index < -0.39 is 0 Å². The molecule has 0 fully saturated rings. The first-order valence-corrected chi connectivity index (χ1v) is 18.2. The summed E-state index contributed by atoms with van der Waals surface area (Å²) in [6.45, 7) is 0. The molecule has 0 saturated carbocycles. The van der Waals surface area contributed by atoms with Crippen molar-refractivity contribution in [3.8, 4) is 0 Å². The van der Waals surface area contributed by atoms with E-state index in [9.17, 15) is 0 Å². The van der Waals surface area contributed by atoms with E-state index in [0.717, 1.165) is 50.2 Å². The minimum absolute atomic E-state index is 0.0689. The van der Waals surface area contributed by atoms with Gasteiger partial charge < -0.3 is 4.90 Å². The quantitative estimate of drug-likeness (QED) is 0.262. The van der Waals surface area contributed by atoms with E-state index in [1.54, 1.807) is 0 Å². The minimum Gasteiger partial charge on any atom is -0.337 e. The van der Waals surface area contributed by atoms with E-state index in [1.807, 2.05) is 6.07 Å². The summed E-state index contributed by atoms with van der Waals surface area (Å²) in [5.74, 6) is 2.37. The van der Waals surface area contributed by atoms with Gasteiger partial charge in [-0.2, -0.15) is 0 Å². The minimum atomic E-state index is -0.334. The second-order valence-electron chi connectivity index (χ2n) is 14.1. The Balaban J connectivity index is 1.17. The molecule has 5 aliphatic carbocycles. The van der Waals surface area contributed by atoms with Crippen molar-refractivity contribution in [3.63, 3.8) is 0 Å². The molecule has 9 rings (SSSR count). The van der Waals surface area contributed by atoms with E-state index in [-0.39, 0.29) is 23.4 Å². The summed E-state index contributed by atoms with van der Waals surface area (Å²) >= 11 is 0. The number of allylic oxidation sites excluding steroid dienone is 13. The lowest BCUT2D eigenvalue weighted by Crippen LogP contribution is -2.45. The molecule has 244 valence electrons. The molecule has 3 nitrogen and oxygen atoms in total. The molecule has 1 heterocycles. The van der Waals surface area contributed by atoms with Gasteiger partial charge in [-0.05, 0) is 101 Å². The van der Waals surface area contributed by atoms with Crippen LogP contribution < -0.4 is 0 Å². The van der Waals surface area contributed by atoms with E-state index in [4.69, 9.17) is 9.98 Å². The van der Waals surface area contributed by atoms with Crippen LogP contribution in [0.2, 0.25) is 0 Å². The van der Waals surface area contributed by atoms with Gasteiger partial charge in [0.25, 0.3) is 0 Å². The van der Waals surface area contributed by atoms with Gasteiger partial charge in [0.1, 0.15) is 12.0 Å². The SMILES string of the molecule is CN1C(C2C=C3C(=CC2)c2c#cccc2C3(c2ccccc2)C2C=CC=CC2)=NC(C2=CC=C(c3ccccc3)CC2)=NC1C1=CC=CCC1. The van der Waals surface area contributed by atoms with Gasteiger partial charge in [0.05, 0.1) is 5.41 Å². The highest BCUT2D eigenvalue weighted by atomic mass is 15.3. The fourth-order valence-electron chi connectivity index (χ4n) is 9.00. The second kappa shape index (κ2) is 12.8. The van der Waals surface area contributed by atoms with Crippen molar-refractivity contribution in [1.82, 2.24) is 4.90 Å². The average Bonchev–Trinajstić information content (AvgIpc) is 3.50. The van der Waals surface area contributed by atoms with Crippen LogP contribution >= 0.6 is 0 Å². The molecular weight excluding hydrogens is 607 g/mol. The fraction of sp³-hybridized carbons (Fsp3) is 0.234. The maximum absolute atomic E-state index is 5.49. The van der Waals surface area contributed by atoms with Gasteiger partial charge in [-0.15, -0.1) is 0 Å². The van der Waals surface area contributed by atoms with Crippen molar-refractivity contribution in [2.24, 2.45) is 21.8 Å². The van der Waals surface area contributed by atoms with Crippen molar-refractivity contribution in [1.29, 1.82) is 0 Å². The molecule has 3 aromatic rings. The van der Waals surface area contributed by atoms with Crippen LogP contribution in [-0.4, -0.2) is 29.8 Å². The number of amidine groups is 2. The van der Waals surface area contributed by atoms with Gasteiger partial charge in [0.2, 0.25) is 0 Å². The molecule has 4 atom stereocenters. The van der Waals surface area contributed by atoms with Crippen LogP contribution in [-0.2, 0) is 5.41 Å². The number of hydrogen-bond acceptors (Lipinski definition) is 3. The molecule has 0 radical (unpaired) electrons. The zero-order chi connectivity index (χ0) is 33.5. The van der Waals surface area contributed by atoms with Crippen LogP contribution in [0.1, 0.15) is 60.8 Å². The van der Waals surface area contributed by atoms with Gasteiger partial charge >= 0.3 is 0 Å².